The van der Waals surface area contributed by atoms with Gasteiger partial charge in [-0.05, 0) is 45.8 Å². The number of ether oxygens (including phenoxy) is 4. The second kappa shape index (κ2) is 9.85. The van der Waals surface area contributed by atoms with Crippen LogP contribution in [0.4, 0.5) is 18.9 Å². The van der Waals surface area contributed by atoms with E-state index in [-0.39, 0.29) is 38.2 Å². The van der Waals surface area contributed by atoms with Crippen LogP contribution in [-0.4, -0.2) is 40.2 Å². The molecule has 9 nitrogen and oxygen atoms in total. The third-order valence-electron chi connectivity index (χ3n) is 5.08. The quantitative estimate of drug-likeness (QED) is 0.435. The minimum atomic E-state index is -4.47. The molecule has 4 bridgehead atoms. The van der Waals surface area contributed by atoms with E-state index in [1.165, 1.54) is 19.2 Å². The predicted molar refractivity (Wildman–Crippen MR) is 123 cm³/mol. The maximum Gasteiger partial charge on any atom is 0.388 e. The number of anilines is 1. The van der Waals surface area contributed by atoms with E-state index in [2.05, 4.69) is 30.4 Å². The molecule has 36 heavy (non-hydrogen) atoms. The van der Waals surface area contributed by atoms with Crippen molar-refractivity contribution in [1.82, 2.24) is 4.98 Å². The zero-order valence-electron chi connectivity index (χ0n) is 18.5. The third kappa shape index (κ3) is 4.91. The van der Waals surface area contributed by atoms with E-state index < -0.39 is 51.6 Å². The lowest BCUT2D eigenvalue weighted by Gasteiger charge is -2.17. The number of carbonyl (C=O) groups is 1. The Hall–Kier alpha value is -3.52. The number of hydrogen-bond acceptors (Lipinski definition) is 8. The van der Waals surface area contributed by atoms with Gasteiger partial charge in [-0.25, -0.2) is 22.6 Å². The number of nitrogens with one attached hydrogen (secondary N) is 1. The fourth-order valence-electron chi connectivity index (χ4n) is 3.55. The average molecular weight is 589 g/mol. The molecule has 0 spiro atoms. The number of hydrogen-bond donors (Lipinski definition) is 1. The Labute approximate surface area is 211 Å². The minimum absolute atomic E-state index is 0.0900. The SMILES string of the molecule is COc1c(F)cc2cc1NS(=O)(=O)c1cc(cc(Br)c1OC)C(=O)OCc1cc(OC(F)F)ncc1-2. The maximum absolute atomic E-state index is 15.0. The van der Waals surface area contributed by atoms with Gasteiger partial charge in [-0.3, -0.25) is 4.72 Å². The van der Waals surface area contributed by atoms with Crippen LogP contribution in [0.5, 0.6) is 17.4 Å². The van der Waals surface area contributed by atoms with Gasteiger partial charge in [-0.2, -0.15) is 8.78 Å². The Morgan fingerprint density at radius 3 is 2.47 bits per heavy atom. The van der Waals surface area contributed by atoms with E-state index in [4.69, 9.17) is 14.2 Å². The Balaban J connectivity index is 2.00. The molecule has 190 valence electrons. The van der Waals surface area contributed by atoms with Gasteiger partial charge in [-0.15, -0.1) is 0 Å². The first-order chi connectivity index (χ1) is 17.0. The van der Waals surface area contributed by atoms with Crippen LogP contribution in [-0.2, 0) is 21.4 Å². The fraction of sp³-hybridized carbons (Fsp3) is 0.182. The first-order valence-corrected chi connectivity index (χ1v) is 12.2. The van der Waals surface area contributed by atoms with Gasteiger partial charge in [0.25, 0.3) is 10.0 Å². The number of carbonyl (C=O) groups excluding carboxylic acids is 1. The summed E-state index contributed by atoms with van der Waals surface area (Å²) in [7, 11) is -2.09. The van der Waals surface area contributed by atoms with Gasteiger partial charge in [0.1, 0.15) is 11.5 Å². The summed E-state index contributed by atoms with van der Waals surface area (Å²) < 4.78 is 89.4. The minimum Gasteiger partial charge on any atom is -0.494 e. The molecule has 0 fully saturated rings. The van der Waals surface area contributed by atoms with Crippen LogP contribution in [0.25, 0.3) is 11.1 Å². The van der Waals surface area contributed by atoms with Crippen molar-refractivity contribution in [3.8, 4) is 28.5 Å². The molecule has 1 aliphatic rings. The van der Waals surface area contributed by atoms with E-state index in [0.717, 1.165) is 31.5 Å². The Morgan fingerprint density at radius 1 is 1.08 bits per heavy atom. The van der Waals surface area contributed by atoms with Crippen LogP contribution in [0, 0.1) is 5.82 Å². The van der Waals surface area contributed by atoms with Gasteiger partial charge < -0.3 is 18.9 Å². The summed E-state index contributed by atoms with van der Waals surface area (Å²) in [6, 6.07) is 5.72. The van der Waals surface area contributed by atoms with Crippen LogP contribution in [0.1, 0.15) is 15.9 Å². The molecule has 2 heterocycles. The van der Waals surface area contributed by atoms with Crippen molar-refractivity contribution in [3.63, 3.8) is 0 Å². The van der Waals surface area contributed by atoms with Gasteiger partial charge in [0.05, 0.1) is 29.9 Å². The lowest BCUT2D eigenvalue weighted by Crippen LogP contribution is -2.16. The van der Waals surface area contributed by atoms with Crippen molar-refractivity contribution in [2.24, 2.45) is 0 Å². The van der Waals surface area contributed by atoms with Crippen molar-refractivity contribution in [2.75, 3.05) is 18.9 Å². The molecule has 0 amide bonds. The normalized spacial score (nSPS) is 14.4. The van der Waals surface area contributed by atoms with Crippen LogP contribution in [0.3, 0.4) is 0 Å². The van der Waals surface area contributed by atoms with Crippen LogP contribution in [0.15, 0.2) is 45.9 Å². The maximum atomic E-state index is 15.0. The Morgan fingerprint density at radius 2 is 1.81 bits per heavy atom. The zero-order valence-corrected chi connectivity index (χ0v) is 20.9. The molecule has 1 N–H and O–H groups in total. The van der Waals surface area contributed by atoms with Crippen molar-refractivity contribution in [3.05, 3.63) is 57.9 Å². The van der Waals surface area contributed by atoms with Gasteiger partial charge in [-0.1, -0.05) is 0 Å². The Kier molecular flexibility index (Phi) is 7.00. The summed E-state index contributed by atoms with van der Waals surface area (Å²) in [6.07, 6.45) is 1.11. The molecule has 0 saturated heterocycles. The predicted octanol–water partition coefficient (Wildman–Crippen LogP) is 4.74. The highest BCUT2D eigenvalue weighted by atomic mass is 79.9. The Bertz CT molecular complexity index is 1470. The first kappa shape index (κ1) is 25.6. The summed E-state index contributed by atoms with van der Waals surface area (Å²) in [5, 5.41) is 0. The van der Waals surface area contributed by atoms with Crippen molar-refractivity contribution in [1.29, 1.82) is 0 Å². The van der Waals surface area contributed by atoms with E-state index >= 15 is 4.39 Å². The molecule has 1 aromatic heterocycles. The summed E-state index contributed by atoms with van der Waals surface area (Å²) in [6.45, 7) is -3.62. The number of alkyl halides is 2. The number of sulfonamides is 1. The average Bonchev–Trinajstić information content (AvgIpc) is 2.81. The largest absolute Gasteiger partial charge is 0.494 e. The molecule has 0 unspecified atom stereocenters. The van der Waals surface area contributed by atoms with E-state index in [1.807, 2.05) is 0 Å². The third-order valence-corrected chi connectivity index (χ3v) is 7.04. The van der Waals surface area contributed by atoms with Gasteiger partial charge >= 0.3 is 12.6 Å². The van der Waals surface area contributed by atoms with E-state index in [1.54, 1.807) is 0 Å². The second-order valence-electron chi connectivity index (χ2n) is 7.27. The topological polar surface area (TPSA) is 113 Å². The number of benzene rings is 2. The smallest absolute Gasteiger partial charge is 0.388 e. The zero-order chi connectivity index (χ0) is 26.2. The molecule has 0 radical (unpaired) electrons. The fourth-order valence-corrected chi connectivity index (χ4v) is 5.58. The summed E-state index contributed by atoms with van der Waals surface area (Å²) in [5.41, 5.74) is -0.0453. The standard InChI is InChI=1S/C22H16BrF3N2O7S/c1-32-19-14(23)3-11-6-17(19)36(30,31)28-16-5-10(4-15(24)20(16)33-2)13-8-27-18(35-22(25)26)7-12(13)9-34-21(11)29/h3-8,22,28H,9H2,1-2H3. The first-order valence-electron chi connectivity index (χ1n) is 9.93. The molecule has 2 aromatic carbocycles. The molecule has 0 saturated carbocycles. The number of nitrogens with zero attached hydrogens (tertiary/aromatic N) is 1. The van der Waals surface area contributed by atoms with E-state index in [9.17, 15) is 22.0 Å². The lowest BCUT2D eigenvalue weighted by molar-refractivity contribution is -0.0529. The molecule has 4 rings (SSSR count). The summed E-state index contributed by atoms with van der Waals surface area (Å²) in [4.78, 5) is 16.2. The van der Waals surface area contributed by atoms with Crippen LogP contribution < -0.4 is 18.9 Å². The van der Waals surface area contributed by atoms with Crippen LogP contribution in [0.2, 0.25) is 0 Å². The van der Waals surface area contributed by atoms with E-state index in [0.29, 0.717) is 0 Å². The number of cyclic esters (lactones) is 1. The number of fused-ring (bicyclic) bond motifs is 6. The second-order valence-corrected chi connectivity index (χ2v) is 9.77. The number of esters is 1. The molecular formula is C22H16BrF3N2O7S. The highest BCUT2D eigenvalue weighted by Crippen LogP contribution is 2.40. The number of methoxy groups -OCH3 is 2. The highest BCUT2D eigenvalue weighted by molar-refractivity contribution is 9.10. The number of halogens is 4. The number of pyridine rings is 1. The summed E-state index contributed by atoms with van der Waals surface area (Å²) in [5.74, 6) is -2.85. The molecule has 3 aromatic rings. The molecule has 0 aliphatic carbocycles. The highest BCUT2D eigenvalue weighted by Gasteiger charge is 2.28. The van der Waals surface area contributed by atoms with Gasteiger partial charge in [0.15, 0.2) is 17.3 Å². The molecule has 1 aliphatic heterocycles. The van der Waals surface area contributed by atoms with Gasteiger partial charge in [0, 0.05) is 23.4 Å². The van der Waals surface area contributed by atoms with Crippen molar-refractivity contribution < 1.29 is 45.3 Å². The van der Waals surface area contributed by atoms with Gasteiger partial charge in [0.2, 0.25) is 5.88 Å². The van der Waals surface area contributed by atoms with Crippen molar-refractivity contribution >= 4 is 37.6 Å². The van der Waals surface area contributed by atoms with Crippen LogP contribution >= 0.6 is 15.9 Å². The van der Waals surface area contributed by atoms with Crippen molar-refractivity contribution in [2.45, 2.75) is 18.1 Å². The molecular weight excluding hydrogens is 573 g/mol. The molecule has 14 heteroatoms. The number of aromatic nitrogens is 1. The summed E-state index contributed by atoms with van der Waals surface area (Å²) >= 11 is 3.18. The number of rotatable bonds is 4. The molecule has 0 atom stereocenters. The monoisotopic (exact) mass is 588 g/mol. The lowest BCUT2D eigenvalue weighted by atomic mass is 10.0.